The number of thioether (sulfide) groups is 1. The van der Waals surface area contributed by atoms with Gasteiger partial charge in [-0.15, -0.1) is 11.8 Å². The summed E-state index contributed by atoms with van der Waals surface area (Å²) < 4.78 is 0. The lowest BCUT2D eigenvalue weighted by Crippen LogP contribution is -1.98. The van der Waals surface area contributed by atoms with Gasteiger partial charge in [-0.2, -0.15) is 0 Å². The van der Waals surface area contributed by atoms with E-state index in [0.29, 0.717) is 0 Å². The molecule has 0 saturated carbocycles. The topological polar surface area (TPSA) is 124 Å². The highest BCUT2D eigenvalue weighted by Gasteiger charge is 2.16. The van der Waals surface area contributed by atoms with Gasteiger partial charge in [0.2, 0.25) is 0 Å². The molecule has 0 bridgehead atoms. The maximum Gasteiger partial charge on any atom is 0.313 e. The number of nitro benzene ring substituents is 2. The fourth-order valence-corrected chi connectivity index (χ4v) is 1.71. The fraction of sp³-hybridized carbons (Fsp3) is 0.125. The third-order valence-corrected chi connectivity index (χ3v) is 2.62. The average molecular weight is 258 g/mol. The predicted octanol–water partition coefficient (Wildman–Crippen LogP) is 1.68. The van der Waals surface area contributed by atoms with Crippen LogP contribution in [0.5, 0.6) is 0 Å². The summed E-state index contributed by atoms with van der Waals surface area (Å²) in [5, 5.41) is 29.5. The number of aliphatic carboxylic acids is 1. The van der Waals surface area contributed by atoms with Crippen molar-refractivity contribution in [2.24, 2.45) is 0 Å². The Hall–Kier alpha value is -2.16. The molecule has 9 heteroatoms. The first kappa shape index (κ1) is 12.9. The molecule has 0 fully saturated rings. The molecule has 0 aliphatic carbocycles. The lowest BCUT2D eigenvalue weighted by molar-refractivity contribution is -0.394. The van der Waals surface area contributed by atoms with Gasteiger partial charge in [-0.25, -0.2) is 0 Å². The smallest absolute Gasteiger partial charge is 0.313 e. The van der Waals surface area contributed by atoms with Crippen molar-refractivity contribution in [2.75, 3.05) is 5.75 Å². The van der Waals surface area contributed by atoms with Gasteiger partial charge in [0, 0.05) is 17.0 Å². The Morgan fingerprint density at radius 3 is 2.00 bits per heavy atom. The number of hydrogen-bond donors (Lipinski definition) is 1. The van der Waals surface area contributed by atoms with Crippen molar-refractivity contribution in [3.63, 3.8) is 0 Å². The number of rotatable bonds is 5. The van der Waals surface area contributed by atoms with E-state index in [1.165, 1.54) is 0 Å². The van der Waals surface area contributed by atoms with Gasteiger partial charge in [0.15, 0.2) is 0 Å². The van der Waals surface area contributed by atoms with Gasteiger partial charge in [0.1, 0.15) is 0 Å². The molecule has 0 aliphatic rings. The fourth-order valence-electron chi connectivity index (χ4n) is 1.01. The maximum atomic E-state index is 10.5. The standard InChI is InChI=1S/C8H6N2O6S/c11-8(12)4-17-7-2-5(9(13)14)1-6(3-7)10(15)16/h1-3H,4H2,(H,11,12). The van der Waals surface area contributed by atoms with Crippen LogP contribution in [0.3, 0.4) is 0 Å². The number of nitrogens with zero attached hydrogens (tertiary/aromatic N) is 2. The van der Waals surface area contributed by atoms with Gasteiger partial charge in [-0.05, 0) is 0 Å². The summed E-state index contributed by atoms with van der Waals surface area (Å²) in [7, 11) is 0. The number of benzene rings is 1. The molecule has 0 atom stereocenters. The van der Waals surface area contributed by atoms with Crippen LogP contribution in [0.2, 0.25) is 0 Å². The zero-order chi connectivity index (χ0) is 13.0. The molecule has 0 heterocycles. The molecule has 1 N–H and O–H groups in total. The molecule has 90 valence electrons. The average Bonchev–Trinajstić information content (AvgIpc) is 2.25. The molecule has 17 heavy (non-hydrogen) atoms. The second kappa shape index (κ2) is 5.25. The Morgan fingerprint density at radius 2 is 1.65 bits per heavy atom. The SMILES string of the molecule is O=C(O)CSc1cc([N+](=O)[O-])cc([N+](=O)[O-])c1. The molecule has 8 nitrogen and oxygen atoms in total. The zero-order valence-electron chi connectivity index (χ0n) is 8.23. The Kier molecular flexibility index (Phi) is 3.99. The molecule has 1 aromatic carbocycles. The first-order valence-electron chi connectivity index (χ1n) is 4.18. The van der Waals surface area contributed by atoms with Crippen LogP contribution in [0.1, 0.15) is 0 Å². The van der Waals surface area contributed by atoms with Gasteiger partial charge in [-0.3, -0.25) is 25.0 Å². The predicted molar refractivity (Wildman–Crippen MR) is 58.1 cm³/mol. The summed E-state index contributed by atoms with van der Waals surface area (Å²) in [6, 6.07) is 3.02. The van der Waals surface area contributed by atoms with E-state index in [0.717, 1.165) is 30.0 Å². The second-order valence-electron chi connectivity index (χ2n) is 2.88. The number of carboxylic acid groups (broad SMARTS) is 1. The number of non-ortho nitro benzene ring substituents is 2. The van der Waals surface area contributed by atoms with Gasteiger partial charge >= 0.3 is 5.97 Å². The van der Waals surface area contributed by atoms with E-state index in [-0.39, 0.29) is 10.6 Å². The molecule has 0 saturated heterocycles. The van der Waals surface area contributed by atoms with Crippen LogP contribution in [-0.4, -0.2) is 26.7 Å². The van der Waals surface area contributed by atoms with Crippen LogP contribution in [0.25, 0.3) is 0 Å². The molecular weight excluding hydrogens is 252 g/mol. The molecule has 0 unspecified atom stereocenters. The van der Waals surface area contributed by atoms with Crippen LogP contribution in [0.15, 0.2) is 23.1 Å². The molecule has 0 aromatic heterocycles. The van der Waals surface area contributed by atoms with Crippen LogP contribution in [-0.2, 0) is 4.79 Å². The number of carboxylic acids is 1. The van der Waals surface area contributed by atoms with Crippen molar-refractivity contribution in [3.05, 3.63) is 38.4 Å². The van der Waals surface area contributed by atoms with Crippen molar-refractivity contribution >= 4 is 29.1 Å². The first-order chi connectivity index (χ1) is 7.90. The molecule has 0 radical (unpaired) electrons. The summed E-state index contributed by atoms with van der Waals surface area (Å²) in [4.78, 5) is 30.0. The first-order valence-corrected chi connectivity index (χ1v) is 5.17. The normalized spacial score (nSPS) is 9.88. The van der Waals surface area contributed by atoms with E-state index in [9.17, 15) is 25.0 Å². The third kappa shape index (κ3) is 3.72. The van der Waals surface area contributed by atoms with E-state index >= 15 is 0 Å². The molecule has 0 amide bonds. The lowest BCUT2D eigenvalue weighted by atomic mass is 10.3. The van der Waals surface area contributed by atoms with Gasteiger partial charge in [0.05, 0.1) is 21.7 Å². The van der Waals surface area contributed by atoms with E-state index < -0.39 is 27.2 Å². The second-order valence-corrected chi connectivity index (χ2v) is 3.93. The minimum atomic E-state index is -1.11. The van der Waals surface area contributed by atoms with Crippen molar-refractivity contribution in [2.45, 2.75) is 4.90 Å². The van der Waals surface area contributed by atoms with Crippen molar-refractivity contribution < 1.29 is 19.7 Å². The van der Waals surface area contributed by atoms with E-state index in [2.05, 4.69) is 0 Å². The summed E-state index contributed by atoms with van der Waals surface area (Å²) in [6.45, 7) is 0. The van der Waals surface area contributed by atoms with Crippen molar-refractivity contribution in [1.29, 1.82) is 0 Å². The molecule has 0 spiro atoms. The molecule has 0 aliphatic heterocycles. The summed E-state index contributed by atoms with van der Waals surface area (Å²) in [5.74, 6) is -1.43. The van der Waals surface area contributed by atoms with Crippen LogP contribution < -0.4 is 0 Å². The quantitative estimate of drug-likeness (QED) is 0.484. The largest absolute Gasteiger partial charge is 0.481 e. The molecule has 1 rings (SSSR count). The van der Waals surface area contributed by atoms with E-state index in [1.54, 1.807) is 0 Å². The van der Waals surface area contributed by atoms with E-state index in [4.69, 9.17) is 5.11 Å². The third-order valence-electron chi connectivity index (χ3n) is 1.66. The Bertz CT molecular complexity index is 457. The van der Waals surface area contributed by atoms with Crippen molar-refractivity contribution in [3.8, 4) is 0 Å². The highest BCUT2D eigenvalue weighted by Crippen LogP contribution is 2.28. The van der Waals surface area contributed by atoms with Crippen LogP contribution >= 0.6 is 11.8 Å². The Morgan fingerprint density at radius 1 is 1.18 bits per heavy atom. The number of hydrogen-bond acceptors (Lipinski definition) is 6. The molecular formula is C8H6N2O6S. The van der Waals surface area contributed by atoms with Gasteiger partial charge in [0.25, 0.3) is 11.4 Å². The highest BCUT2D eigenvalue weighted by molar-refractivity contribution is 8.00. The van der Waals surface area contributed by atoms with Crippen molar-refractivity contribution in [1.82, 2.24) is 0 Å². The Balaban J connectivity index is 3.08. The minimum Gasteiger partial charge on any atom is -0.481 e. The maximum absolute atomic E-state index is 10.5. The van der Waals surface area contributed by atoms with Gasteiger partial charge < -0.3 is 5.11 Å². The van der Waals surface area contributed by atoms with E-state index in [1.807, 2.05) is 0 Å². The highest BCUT2D eigenvalue weighted by atomic mass is 32.2. The number of nitro groups is 2. The zero-order valence-corrected chi connectivity index (χ0v) is 9.05. The summed E-state index contributed by atoms with van der Waals surface area (Å²) in [5.41, 5.74) is -0.876. The summed E-state index contributed by atoms with van der Waals surface area (Å²) >= 11 is 0.783. The minimum absolute atomic E-state index is 0.174. The Labute approximate surface area is 98.5 Å². The molecule has 1 aromatic rings. The number of carbonyl (C=O) groups is 1. The monoisotopic (exact) mass is 258 g/mol. The summed E-state index contributed by atoms with van der Waals surface area (Å²) in [6.07, 6.45) is 0. The van der Waals surface area contributed by atoms with Crippen LogP contribution in [0, 0.1) is 20.2 Å². The lowest BCUT2D eigenvalue weighted by Gasteiger charge is -1.99. The van der Waals surface area contributed by atoms with Crippen LogP contribution in [0.4, 0.5) is 11.4 Å². The van der Waals surface area contributed by atoms with Gasteiger partial charge in [-0.1, -0.05) is 0 Å².